The van der Waals surface area contributed by atoms with Gasteiger partial charge in [0.1, 0.15) is 12.6 Å². The number of amides is 2. The minimum atomic E-state index is -3.81. The highest BCUT2D eigenvalue weighted by Gasteiger charge is 2.34. The monoisotopic (exact) mass is 681 g/mol. The van der Waals surface area contributed by atoms with Crippen molar-refractivity contribution in [2.24, 2.45) is 0 Å². The lowest BCUT2D eigenvalue weighted by Crippen LogP contribution is -2.56. The average molecular weight is 682 g/mol. The van der Waals surface area contributed by atoms with Gasteiger partial charge in [-0.2, -0.15) is 0 Å². The Kier molecular flexibility index (Phi) is 10.4. The van der Waals surface area contributed by atoms with Crippen molar-refractivity contribution < 1.29 is 18.0 Å². The van der Waals surface area contributed by atoms with E-state index < -0.39 is 34.1 Å². The van der Waals surface area contributed by atoms with E-state index in [2.05, 4.69) is 27.9 Å². The van der Waals surface area contributed by atoms with Gasteiger partial charge in [-0.1, -0.05) is 54.1 Å². The maximum Gasteiger partial charge on any atom is 0.244 e. The van der Waals surface area contributed by atoms with Gasteiger partial charge in [0, 0.05) is 27.1 Å². The van der Waals surface area contributed by atoms with Crippen LogP contribution in [0.5, 0.6) is 0 Å². The molecule has 1 N–H and O–H groups in total. The topological polar surface area (TPSA) is 86.8 Å². The van der Waals surface area contributed by atoms with Crippen molar-refractivity contribution in [3.05, 3.63) is 98.6 Å². The fourth-order valence-electron chi connectivity index (χ4n) is 4.06. The Morgan fingerprint density at radius 3 is 2.13 bits per heavy atom. The number of nitrogens with zero attached hydrogens (tertiary/aromatic N) is 2. The summed E-state index contributed by atoms with van der Waals surface area (Å²) in [4.78, 5) is 29.2. The Balaban J connectivity index is 2.07. The Hall–Kier alpha value is -2.63. The maximum atomic E-state index is 14.0. The molecule has 2 amide bonds. The van der Waals surface area contributed by atoms with Gasteiger partial charge >= 0.3 is 0 Å². The van der Waals surface area contributed by atoms with Gasteiger partial charge in [0.2, 0.25) is 21.8 Å². The summed E-state index contributed by atoms with van der Waals surface area (Å²) >= 11 is 8.36. The average Bonchev–Trinajstić information content (AvgIpc) is 2.84. The van der Waals surface area contributed by atoms with Crippen LogP contribution in [0, 0.1) is 3.57 Å². The number of benzene rings is 3. The van der Waals surface area contributed by atoms with Crippen LogP contribution in [0.4, 0.5) is 5.69 Å². The number of carbonyl (C=O) groups excluding carboxylic acids is 2. The number of sulfonamides is 1. The number of carbonyl (C=O) groups is 2. The van der Waals surface area contributed by atoms with Gasteiger partial charge < -0.3 is 10.2 Å². The predicted octanol–water partition coefficient (Wildman–Crippen LogP) is 5.27. The summed E-state index contributed by atoms with van der Waals surface area (Å²) < 4.78 is 27.6. The lowest BCUT2D eigenvalue weighted by molar-refractivity contribution is -0.140. The van der Waals surface area contributed by atoms with Crippen molar-refractivity contribution in [3.8, 4) is 0 Å². The minimum Gasteiger partial charge on any atom is -0.350 e. The third-order valence-corrected chi connectivity index (χ3v) is 7.90. The third-order valence-electron chi connectivity index (χ3n) is 5.81. The molecule has 7 nitrogen and oxygen atoms in total. The highest BCUT2D eigenvalue weighted by Crippen LogP contribution is 2.22. The zero-order valence-corrected chi connectivity index (χ0v) is 26.1. The van der Waals surface area contributed by atoms with E-state index in [-0.39, 0.29) is 18.9 Å². The number of hydrogen-bond donors (Lipinski definition) is 1. The van der Waals surface area contributed by atoms with Crippen LogP contribution in [-0.4, -0.2) is 49.5 Å². The van der Waals surface area contributed by atoms with Crippen LogP contribution < -0.4 is 9.62 Å². The Bertz CT molecular complexity index is 1390. The van der Waals surface area contributed by atoms with E-state index in [1.54, 1.807) is 42.5 Å². The van der Waals surface area contributed by atoms with E-state index in [0.717, 1.165) is 25.3 Å². The quantitative estimate of drug-likeness (QED) is 0.296. The van der Waals surface area contributed by atoms with Crippen LogP contribution in [-0.2, 0) is 32.6 Å². The molecule has 39 heavy (non-hydrogen) atoms. The summed E-state index contributed by atoms with van der Waals surface area (Å²) in [6, 6.07) is 22.4. The van der Waals surface area contributed by atoms with Gasteiger partial charge in [-0.3, -0.25) is 13.9 Å². The van der Waals surface area contributed by atoms with Crippen molar-refractivity contribution in [1.29, 1.82) is 0 Å². The first-order valence-corrected chi connectivity index (χ1v) is 15.7. The molecule has 0 saturated heterocycles. The van der Waals surface area contributed by atoms with Crippen LogP contribution >= 0.6 is 34.2 Å². The Labute approximate surface area is 249 Å². The van der Waals surface area contributed by atoms with E-state index in [0.29, 0.717) is 10.7 Å². The summed E-state index contributed by atoms with van der Waals surface area (Å²) in [7, 11) is -3.81. The van der Waals surface area contributed by atoms with Crippen LogP contribution in [0.15, 0.2) is 78.9 Å². The van der Waals surface area contributed by atoms with Crippen molar-refractivity contribution >= 4 is 61.7 Å². The molecule has 0 aliphatic rings. The number of halogens is 2. The van der Waals surface area contributed by atoms with Crippen molar-refractivity contribution in [2.75, 3.05) is 17.1 Å². The van der Waals surface area contributed by atoms with Gasteiger partial charge in [-0.05, 0) is 90.9 Å². The third kappa shape index (κ3) is 9.51. The molecule has 0 aliphatic heterocycles. The maximum absolute atomic E-state index is 14.0. The summed E-state index contributed by atoms with van der Waals surface area (Å²) in [6.45, 7) is 5.22. The number of nitrogens with one attached hydrogen (secondary N) is 1. The summed E-state index contributed by atoms with van der Waals surface area (Å²) in [5.41, 5.74) is 1.41. The molecule has 0 fully saturated rings. The Morgan fingerprint density at radius 1 is 0.949 bits per heavy atom. The second kappa shape index (κ2) is 13.1. The molecule has 3 aromatic rings. The van der Waals surface area contributed by atoms with Crippen LogP contribution in [0.1, 0.15) is 31.9 Å². The SMILES string of the molecule is CC(C)(C)NC(=O)C(Cc1ccccc1)N(Cc1cccc(Cl)c1)C(=O)CN(c1ccc(I)cc1)S(C)(=O)=O. The smallest absolute Gasteiger partial charge is 0.244 e. The molecule has 0 bridgehead atoms. The molecule has 1 unspecified atom stereocenters. The second-order valence-corrected chi connectivity index (χ2v) is 13.9. The largest absolute Gasteiger partial charge is 0.350 e. The molecule has 0 spiro atoms. The summed E-state index contributed by atoms with van der Waals surface area (Å²) in [6.07, 6.45) is 1.31. The first-order valence-electron chi connectivity index (χ1n) is 12.4. The zero-order valence-electron chi connectivity index (χ0n) is 22.4. The van der Waals surface area contributed by atoms with Gasteiger partial charge in [-0.15, -0.1) is 0 Å². The molecular formula is C29H33ClIN3O4S. The molecule has 0 aliphatic carbocycles. The molecule has 10 heteroatoms. The van der Waals surface area contributed by atoms with Gasteiger partial charge in [0.05, 0.1) is 11.9 Å². The first-order chi connectivity index (χ1) is 18.2. The number of rotatable bonds is 10. The summed E-state index contributed by atoms with van der Waals surface area (Å²) in [5, 5.41) is 3.50. The van der Waals surface area contributed by atoms with Gasteiger partial charge in [-0.25, -0.2) is 8.42 Å². The van der Waals surface area contributed by atoms with Crippen molar-refractivity contribution in [1.82, 2.24) is 10.2 Å². The molecule has 0 heterocycles. The molecule has 3 aromatic carbocycles. The van der Waals surface area contributed by atoms with Crippen LogP contribution in [0.2, 0.25) is 5.02 Å². The van der Waals surface area contributed by atoms with Crippen LogP contribution in [0.25, 0.3) is 0 Å². The van der Waals surface area contributed by atoms with E-state index in [4.69, 9.17) is 11.6 Å². The molecule has 3 rings (SSSR count). The Morgan fingerprint density at radius 2 is 1.56 bits per heavy atom. The first kappa shape index (κ1) is 30.9. The standard InChI is InChI=1S/C29H33ClIN3O4S/c1-29(2,3)32-28(36)26(18-21-9-6-5-7-10-21)33(19-22-11-8-12-23(30)17-22)27(35)20-34(39(4,37)38)25-15-13-24(31)14-16-25/h5-17,26H,18-20H2,1-4H3,(H,32,36). The van der Waals surface area contributed by atoms with Gasteiger partial charge in [0.25, 0.3) is 0 Å². The lowest BCUT2D eigenvalue weighted by atomic mass is 10.0. The molecule has 208 valence electrons. The fraction of sp³-hybridized carbons (Fsp3) is 0.310. The zero-order chi connectivity index (χ0) is 28.8. The van der Waals surface area contributed by atoms with Crippen LogP contribution in [0.3, 0.4) is 0 Å². The highest BCUT2D eigenvalue weighted by molar-refractivity contribution is 14.1. The molecule has 1 atom stereocenters. The lowest BCUT2D eigenvalue weighted by Gasteiger charge is -2.35. The fourth-order valence-corrected chi connectivity index (χ4v) is 5.48. The van der Waals surface area contributed by atoms with Crippen molar-refractivity contribution in [3.63, 3.8) is 0 Å². The number of hydrogen-bond acceptors (Lipinski definition) is 4. The van der Waals surface area contributed by atoms with Crippen molar-refractivity contribution in [2.45, 2.75) is 45.3 Å². The van der Waals surface area contributed by atoms with E-state index >= 15 is 0 Å². The highest BCUT2D eigenvalue weighted by atomic mass is 127. The number of anilines is 1. The van der Waals surface area contributed by atoms with E-state index in [1.165, 1.54) is 4.90 Å². The molecule has 0 radical (unpaired) electrons. The summed E-state index contributed by atoms with van der Waals surface area (Å²) in [5.74, 6) is -0.842. The van der Waals surface area contributed by atoms with E-state index in [1.807, 2.05) is 57.2 Å². The molecule has 0 saturated carbocycles. The normalized spacial score (nSPS) is 12.5. The van der Waals surface area contributed by atoms with Gasteiger partial charge in [0.15, 0.2) is 0 Å². The predicted molar refractivity (Wildman–Crippen MR) is 165 cm³/mol. The molecule has 0 aromatic heterocycles. The second-order valence-electron chi connectivity index (χ2n) is 10.3. The molecular weight excluding hydrogens is 649 g/mol. The minimum absolute atomic E-state index is 0.0682. The van der Waals surface area contributed by atoms with E-state index in [9.17, 15) is 18.0 Å².